The lowest BCUT2D eigenvalue weighted by atomic mass is 9.99. The van der Waals surface area contributed by atoms with E-state index >= 15 is 0 Å². The fourth-order valence-corrected chi connectivity index (χ4v) is 4.46. The zero-order valence-corrected chi connectivity index (χ0v) is 19.2. The van der Waals surface area contributed by atoms with Crippen LogP contribution in [0.15, 0.2) is 73.1 Å². The van der Waals surface area contributed by atoms with Crippen LogP contribution < -0.4 is 10.2 Å². The Hall–Kier alpha value is -4.14. The minimum Gasteiger partial charge on any atom is -0.345 e. The highest BCUT2D eigenvalue weighted by Crippen LogP contribution is 2.39. The third-order valence-electron chi connectivity index (χ3n) is 6.15. The number of benzene rings is 2. The smallest absolute Gasteiger partial charge is 0.321 e. The van der Waals surface area contributed by atoms with Crippen LogP contribution in [0.25, 0.3) is 16.6 Å². The van der Waals surface area contributed by atoms with Gasteiger partial charge >= 0.3 is 5.92 Å². The molecule has 7 nitrogen and oxygen atoms in total. The number of alkyl halides is 2. The second kappa shape index (κ2) is 8.57. The molecule has 3 heterocycles. The molecule has 0 aliphatic carbocycles. The van der Waals surface area contributed by atoms with Gasteiger partial charge in [0.15, 0.2) is 0 Å². The van der Waals surface area contributed by atoms with E-state index in [1.807, 2.05) is 61.5 Å². The molecule has 0 spiro atoms. The molecule has 178 valence electrons. The Morgan fingerprint density at radius 2 is 1.80 bits per heavy atom. The summed E-state index contributed by atoms with van der Waals surface area (Å²) in [5.74, 6) is -5.21. The average Bonchev–Trinajstić information content (AvgIpc) is 3.39. The van der Waals surface area contributed by atoms with Gasteiger partial charge in [-0.25, -0.2) is 4.68 Å². The minimum absolute atomic E-state index is 0.0896. The zero-order chi connectivity index (χ0) is 24.7. The Labute approximate surface area is 200 Å². The van der Waals surface area contributed by atoms with Crippen LogP contribution in [0.1, 0.15) is 30.6 Å². The van der Waals surface area contributed by atoms with Gasteiger partial charge in [-0.1, -0.05) is 30.3 Å². The Bertz CT molecular complexity index is 1400. The molecule has 2 aromatic carbocycles. The molecule has 1 aliphatic rings. The molecule has 1 unspecified atom stereocenters. The molecule has 1 aliphatic heterocycles. The van der Waals surface area contributed by atoms with Gasteiger partial charge in [-0.3, -0.25) is 14.6 Å². The fourth-order valence-electron chi connectivity index (χ4n) is 4.46. The van der Waals surface area contributed by atoms with E-state index in [0.29, 0.717) is 12.6 Å². The highest BCUT2D eigenvalue weighted by atomic mass is 19.3. The zero-order valence-electron chi connectivity index (χ0n) is 19.2. The summed E-state index contributed by atoms with van der Waals surface area (Å²) in [5, 5.41) is 7.66. The first-order chi connectivity index (χ1) is 16.7. The van der Waals surface area contributed by atoms with Crippen LogP contribution in [0.2, 0.25) is 0 Å². The van der Waals surface area contributed by atoms with Crippen molar-refractivity contribution in [2.75, 3.05) is 4.90 Å². The number of nitrogens with one attached hydrogen (secondary N) is 1. The highest BCUT2D eigenvalue weighted by molar-refractivity contribution is 6.00. The van der Waals surface area contributed by atoms with Crippen molar-refractivity contribution in [1.82, 2.24) is 20.1 Å². The van der Waals surface area contributed by atoms with E-state index in [1.54, 1.807) is 28.0 Å². The van der Waals surface area contributed by atoms with E-state index < -0.39 is 23.9 Å². The third kappa shape index (κ3) is 4.25. The van der Waals surface area contributed by atoms with E-state index in [1.165, 1.54) is 0 Å². The number of halogens is 2. The number of rotatable bonds is 5. The number of aryl methyl sites for hydroxylation is 1. The van der Waals surface area contributed by atoms with Crippen molar-refractivity contribution in [3.05, 3.63) is 84.3 Å². The number of carbonyl (C=O) groups excluding carboxylic acids is 2. The summed E-state index contributed by atoms with van der Waals surface area (Å²) in [7, 11) is 0. The Balaban J connectivity index is 1.53. The average molecular weight is 475 g/mol. The molecule has 2 amide bonds. The summed E-state index contributed by atoms with van der Waals surface area (Å²) < 4.78 is 29.0. The first kappa shape index (κ1) is 22.6. The van der Waals surface area contributed by atoms with Crippen molar-refractivity contribution < 1.29 is 18.4 Å². The predicted molar refractivity (Wildman–Crippen MR) is 127 cm³/mol. The van der Waals surface area contributed by atoms with Gasteiger partial charge in [0.25, 0.3) is 5.91 Å². The summed E-state index contributed by atoms with van der Waals surface area (Å²) in [5.41, 5.74) is 3.87. The number of fused-ring (bicyclic) bond motifs is 1. The molecule has 5 rings (SSSR count). The van der Waals surface area contributed by atoms with Gasteiger partial charge in [0.2, 0.25) is 5.91 Å². The van der Waals surface area contributed by atoms with Crippen molar-refractivity contribution in [1.29, 1.82) is 0 Å². The van der Waals surface area contributed by atoms with Crippen LogP contribution in [0, 0.1) is 6.92 Å². The largest absolute Gasteiger partial charge is 0.345 e. The first-order valence-electron chi connectivity index (χ1n) is 11.2. The summed E-state index contributed by atoms with van der Waals surface area (Å²) in [6, 6.07) is 17.0. The number of aromatic nitrogens is 3. The second-order valence-corrected chi connectivity index (χ2v) is 8.75. The number of pyridine rings is 1. The maximum atomic E-state index is 13.6. The number of hydrogen-bond donors (Lipinski definition) is 1. The van der Waals surface area contributed by atoms with E-state index in [-0.39, 0.29) is 12.3 Å². The Morgan fingerprint density at radius 3 is 2.49 bits per heavy atom. The van der Waals surface area contributed by atoms with E-state index in [4.69, 9.17) is 0 Å². The van der Waals surface area contributed by atoms with Crippen molar-refractivity contribution in [3.8, 4) is 5.69 Å². The van der Waals surface area contributed by atoms with Gasteiger partial charge in [0.1, 0.15) is 0 Å². The van der Waals surface area contributed by atoms with Gasteiger partial charge in [-0.05, 0) is 42.8 Å². The van der Waals surface area contributed by atoms with Crippen LogP contribution in [0.5, 0.6) is 0 Å². The monoisotopic (exact) mass is 475 g/mol. The van der Waals surface area contributed by atoms with Crippen LogP contribution in [0.3, 0.4) is 0 Å². The maximum Gasteiger partial charge on any atom is 0.321 e. The summed E-state index contributed by atoms with van der Waals surface area (Å²) in [6.07, 6.45) is 3.35. The van der Waals surface area contributed by atoms with E-state index in [2.05, 4.69) is 15.4 Å². The normalized spacial score (nSPS) is 18.3. The molecule has 1 fully saturated rings. The highest BCUT2D eigenvalue weighted by Gasteiger charge is 2.45. The molecule has 2 aromatic heterocycles. The Morgan fingerprint density at radius 1 is 1.06 bits per heavy atom. The molecule has 2 atom stereocenters. The first-order valence-corrected chi connectivity index (χ1v) is 11.2. The van der Waals surface area contributed by atoms with Crippen molar-refractivity contribution in [3.63, 3.8) is 0 Å². The molecular formula is C26H23F2N5O2. The van der Waals surface area contributed by atoms with Gasteiger partial charge < -0.3 is 10.2 Å². The van der Waals surface area contributed by atoms with Crippen LogP contribution in [-0.2, 0) is 9.59 Å². The minimum atomic E-state index is -3.55. The third-order valence-corrected chi connectivity index (χ3v) is 6.15. The SMILES string of the molecule is Cc1ccc(-n2ncc3cc(N4C(=O)C[C@H](NC(=O)C(C)(F)F)C4c4ccccc4)ccc32)cn1. The van der Waals surface area contributed by atoms with Crippen LogP contribution in [-0.4, -0.2) is 38.5 Å². The molecule has 1 N–H and O–H groups in total. The molecule has 4 aromatic rings. The topological polar surface area (TPSA) is 80.1 Å². The van der Waals surface area contributed by atoms with Crippen molar-refractivity contribution >= 4 is 28.4 Å². The van der Waals surface area contributed by atoms with Gasteiger partial charge in [0.05, 0.1) is 35.7 Å². The standard InChI is InChI=1S/C26H23F2N5O2/c1-16-8-9-20(15-29-16)33-22-11-10-19(12-18(22)14-30-33)32-23(34)13-21(31-25(35)26(2,27)28)24(32)17-6-4-3-5-7-17/h3-12,14-15,21,24H,13H2,1-2H3,(H,31,35)/t21-,24?/m0/s1. The van der Waals surface area contributed by atoms with Crippen molar-refractivity contribution in [2.24, 2.45) is 0 Å². The van der Waals surface area contributed by atoms with Crippen LogP contribution in [0.4, 0.5) is 14.5 Å². The number of anilines is 1. The van der Waals surface area contributed by atoms with E-state index in [9.17, 15) is 18.4 Å². The van der Waals surface area contributed by atoms with Crippen LogP contribution >= 0.6 is 0 Å². The van der Waals surface area contributed by atoms with Crippen molar-refractivity contribution in [2.45, 2.75) is 38.3 Å². The summed E-state index contributed by atoms with van der Waals surface area (Å²) >= 11 is 0. The quantitative estimate of drug-likeness (QED) is 0.466. The number of nitrogens with zero attached hydrogens (tertiary/aromatic N) is 4. The van der Waals surface area contributed by atoms with Gasteiger partial charge in [-0.2, -0.15) is 13.9 Å². The molecule has 9 heteroatoms. The number of hydrogen-bond acceptors (Lipinski definition) is 4. The number of amides is 2. The second-order valence-electron chi connectivity index (χ2n) is 8.75. The lowest BCUT2D eigenvalue weighted by Gasteiger charge is -2.29. The summed E-state index contributed by atoms with van der Waals surface area (Å²) in [6.45, 7) is 2.45. The lowest BCUT2D eigenvalue weighted by Crippen LogP contribution is -2.46. The molecular weight excluding hydrogens is 452 g/mol. The molecule has 0 bridgehead atoms. The van der Waals surface area contributed by atoms with Gasteiger partial charge in [0, 0.05) is 30.1 Å². The van der Waals surface area contributed by atoms with Gasteiger partial charge in [-0.15, -0.1) is 0 Å². The van der Waals surface area contributed by atoms with E-state index in [0.717, 1.165) is 27.8 Å². The molecule has 35 heavy (non-hydrogen) atoms. The maximum absolute atomic E-state index is 13.6. The fraction of sp³-hybridized carbons (Fsp3) is 0.231. The number of carbonyl (C=O) groups is 2. The molecule has 0 saturated carbocycles. The molecule has 0 radical (unpaired) electrons. The predicted octanol–water partition coefficient (Wildman–Crippen LogP) is 4.35. The Kier molecular flexibility index (Phi) is 5.55. The molecule has 1 saturated heterocycles. The lowest BCUT2D eigenvalue weighted by molar-refractivity contribution is -0.143. The summed E-state index contributed by atoms with van der Waals surface area (Å²) in [4.78, 5) is 31.1.